The minimum Gasteiger partial charge on any atom is -0.486 e. The van der Waals surface area contributed by atoms with Crippen LogP contribution in [-0.2, 0) is 11.2 Å². The molecule has 4 heterocycles. The monoisotopic (exact) mass is 383 g/mol. The molecule has 2 aliphatic heterocycles. The van der Waals surface area contributed by atoms with Crippen molar-refractivity contribution >= 4 is 22.9 Å². The van der Waals surface area contributed by atoms with Gasteiger partial charge in [-0.25, -0.2) is 0 Å². The van der Waals surface area contributed by atoms with Gasteiger partial charge in [0.15, 0.2) is 17.3 Å². The molecular formula is C19H17N3O4S. The largest absolute Gasteiger partial charge is 0.486 e. The molecule has 0 bridgehead atoms. The van der Waals surface area contributed by atoms with E-state index in [2.05, 4.69) is 10.1 Å². The topological polar surface area (TPSA) is 77.7 Å². The Hall–Kier alpha value is -2.87. The van der Waals surface area contributed by atoms with Gasteiger partial charge in [0, 0.05) is 35.5 Å². The molecule has 5 rings (SSSR count). The third-order valence-corrected chi connectivity index (χ3v) is 5.59. The van der Waals surface area contributed by atoms with Gasteiger partial charge in [-0.15, -0.1) is 11.3 Å². The van der Waals surface area contributed by atoms with E-state index < -0.39 is 0 Å². The first-order valence-corrected chi connectivity index (χ1v) is 9.69. The van der Waals surface area contributed by atoms with Gasteiger partial charge < -0.3 is 18.9 Å². The summed E-state index contributed by atoms with van der Waals surface area (Å²) >= 11 is 1.66. The smallest absolute Gasteiger partial charge is 0.231 e. The van der Waals surface area contributed by atoms with Gasteiger partial charge >= 0.3 is 0 Å². The predicted molar refractivity (Wildman–Crippen MR) is 98.6 cm³/mol. The van der Waals surface area contributed by atoms with E-state index in [1.54, 1.807) is 16.2 Å². The van der Waals surface area contributed by atoms with Gasteiger partial charge in [0.05, 0.1) is 6.42 Å². The van der Waals surface area contributed by atoms with E-state index in [-0.39, 0.29) is 11.8 Å². The number of carbonyl (C=O) groups excluding carboxylic acids is 1. The number of anilines is 1. The molecule has 2 aromatic heterocycles. The first kappa shape index (κ1) is 16.3. The van der Waals surface area contributed by atoms with Gasteiger partial charge in [0.25, 0.3) is 0 Å². The fraction of sp³-hybridized carbons (Fsp3) is 0.316. The third kappa shape index (κ3) is 3.16. The zero-order valence-electron chi connectivity index (χ0n) is 14.5. The number of ether oxygens (including phenoxy) is 2. The maximum Gasteiger partial charge on any atom is 0.231 e. The summed E-state index contributed by atoms with van der Waals surface area (Å²) in [4.78, 5) is 20.0. The van der Waals surface area contributed by atoms with E-state index >= 15 is 0 Å². The summed E-state index contributed by atoms with van der Waals surface area (Å²) in [6.45, 7) is 1.59. The average molecular weight is 383 g/mol. The molecular weight excluding hydrogens is 366 g/mol. The van der Waals surface area contributed by atoms with Crippen LogP contribution in [0, 0.1) is 0 Å². The van der Waals surface area contributed by atoms with Crippen molar-refractivity contribution in [2.75, 3.05) is 24.7 Å². The number of hydrogen-bond donors (Lipinski definition) is 0. The lowest BCUT2D eigenvalue weighted by Crippen LogP contribution is -2.25. The highest BCUT2D eigenvalue weighted by Crippen LogP contribution is 2.37. The van der Waals surface area contributed by atoms with E-state index in [0.29, 0.717) is 55.8 Å². The van der Waals surface area contributed by atoms with Crippen LogP contribution in [0.1, 0.15) is 28.9 Å². The molecule has 1 saturated heterocycles. The molecule has 1 fully saturated rings. The predicted octanol–water partition coefficient (Wildman–Crippen LogP) is 3.01. The van der Waals surface area contributed by atoms with Gasteiger partial charge in [-0.05, 0) is 23.6 Å². The van der Waals surface area contributed by atoms with Crippen LogP contribution in [0.25, 0.3) is 0 Å². The highest BCUT2D eigenvalue weighted by molar-refractivity contribution is 7.09. The summed E-state index contributed by atoms with van der Waals surface area (Å²) < 4.78 is 16.5. The molecule has 0 N–H and O–H groups in total. The summed E-state index contributed by atoms with van der Waals surface area (Å²) in [6, 6.07) is 9.62. The highest BCUT2D eigenvalue weighted by atomic mass is 32.1. The van der Waals surface area contributed by atoms with Crippen molar-refractivity contribution in [2.45, 2.75) is 18.8 Å². The Labute approximate surface area is 159 Å². The number of amides is 1. The average Bonchev–Trinajstić information content (AvgIpc) is 3.43. The molecule has 1 aromatic carbocycles. The molecule has 7 nitrogen and oxygen atoms in total. The van der Waals surface area contributed by atoms with E-state index in [4.69, 9.17) is 14.0 Å². The van der Waals surface area contributed by atoms with Crippen LogP contribution in [0.5, 0.6) is 11.5 Å². The molecule has 138 valence electrons. The van der Waals surface area contributed by atoms with E-state index in [1.807, 2.05) is 35.7 Å². The molecule has 3 aromatic rings. The van der Waals surface area contributed by atoms with Crippen LogP contribution < -0.4 is 14.4 Å². The second-order valence-electron chi connectivity index (χ2n) is 6.54. The molecule has 8 heteroatoms. The number of fused-ring (bicyclic) bond motifs is 1. The lowest BCUT2D eigenvalue weighted by Gasteiger charge is -2.22. The second kappa shape index (κ2) is 6.70. The summed E-state index contributed by atoms with van der Waals surface area (Å²) in [5.41, 5.74) is 0.800. The Kier molecular flexibility index (Phi) is 4.05. The van der Waals surface area contributed by atoms with Crippen LogP contribution >= 0.6 is 11.3 Å². The van der Waals surface area contributed by atoms with Crippen LogP contribution in [0.4, 0.5) is 5.69 Å². The first-order valence-electron chi connectivity index (χ1n) is 8.81. The van der Waals surface area contributed by atoms with Gasteiger partial charge in [0.2, 0.25) is 11.8 Å². The van der Waals surface area contributed by atoms with Crippen molar-refractivity contribution in [3.63, 3.8) is 0 Å². The standard InChI is InChI=1S/C19H17N3O4S/c23-18-8-12(19-20-17(26-21-19)10-14-2-1-7-27-14)11-22(18)13-3-4-15-16(9-13)25-6-5-24-15/h1-4,7,9,12H,5-6,8,10-11H2. The number of rotatable bonds is 4. The number of carbonyl (C=O) groups is 1. The van der Waals surface area contributed by atoms with E-state index in [0.717, 1.165) is 5.69 Å². The number of nitrogens with zero attached hydrogens (tertiary/aromatic N) is 3. The Morgan fingerprint density at radius 1 is 1.19 bits per heavy atom. The lowest BCUT2D eigenvalue weighted by molar-refractivity contribution is -0.117. The van der Waals surface area contributed by atoms with Crippen molar-refractivity contribution in [1.82, 2.24) is 10.1 Å². The minimum atomic E-state index is -0.0773. The lowest BCUT2D eigenvalue weighted by atomic mass is 10.1. The quantitative estimate of drug-likeness (QED) is 0.689. The Morgan fingerprint density at radius 3 is 2.93 bits per heavy atom. The molecule has 0 radical (unpaired) electrons. The molecule has 27 heavy (non-hydrogen) atoms. The fourth-order valence-electron chi connectivity index (χ4n) is 3.40. The van der Waals surface area contributed by atoms with Crippen molar-refractivity contribution in [3.8, 4) is 11.5 Å². The van der Waals surface area contributed by atoms with Crippen molar-refractivity contribution in [3.05, 3.63) is 52.3 Å². The molecule has 0 aliphatic carbocycles. The molecule has 0 spiro atoms. The fourth-order valence-corrected chi connectivity index (χ4v) is 4.09. The molecule has 1 amide bonds. The SMILES string of the molecule is O=C1CC(c2noc(Cc3cccs3)n2)CN1c1ccc2c(c1)OCCO2. The summed E-state index contributed by atoms with van der Waals surface area (Å²) in [5.74, 6) is 2.53. The maximum absolute atomic E-state index is 12.6. The second-order valence-corrected chi connectivity index (χ2v) is 7.57. The van der Waals surface area contributed by atoms with Gasteiger partial charge in [0.1, 0.15) is 13.2 Å². The van der Waals surface area contributed by atoms with Gasteiger partial charge in [-0.2, -0.15) is 4.98 Å². The van der Waals surface area contributed by atoms with Crippen LogP contribution in [0.3, 0.4) is 0 Å². The zero-order chi connectivity index (χ0) is 18.2. The Balaban J connectivity index is 1.32. The van der Waals surface area contributed by atoms with Crippen LogP contribution in [-0.4, -0.2) is 35.8 Å². The Morgan fingerprint density at radius 2 is 2.07 bits per heavy atom. The Bertz CT molecular complexity index is 969. The third-order valence-electron chi connectivity index (χ3n) is 4.72. The first-order chi connectivity index (χ1) is 13.3. The minimum absolute atomic E-state index is 0.0429. The maximum atomic E-state index is 12.6. The summed E-state index contributed by atoms with van der Waals surface area (Å²) in [5, 5.41) is 6.13. The number of hydrogen-bond acceptors (Lipinski definition) is 7. The van der Waals surface area contributed by atoms with Crippen molar-refractivity contribution in [2.24, 2.45) is 0 Å². The van der Waals surface area contributed by atoms with Crippen molar-refractivity contribution in [1.29, 1.82) is 0 Å². The van der Waals surface area contributed by atoms with E-state index in [9.17, 15) is 4.79 Å². The number of thiophene rings is 1. The normalized spacial score (nSPS) is 18.9. The number of aromatic nitrogens is 2. The summed E-state index contributed by atoms with van der Waals surface area (Å²) in [6.07, 6.45) is 0.990. The van der Waals surface area contributed by atoms with Crippen LogP contribution in [0.2, 0.25) is 0 Å². The van der Waals surface area contributed by atoms with Gasteiger partial charge in [-0.1, -0.05) is 11.2 Å². The zero-order valence-corrected chi connectivity index (χ0v) is 15.3. The molecule has 0 saturated carbocycles. The molecule has 1 unspecified atom stereocenters. The highest BCUT2D eigenvalue weighted by Gasteiger charge is 2.35. The molecule has 1 atom stereocenters. The van der Waals surface area contributed by atoms with Gasteiger partial charge in [-0.3, -0.25) is 4.79 Å². The van der Waals surface area contributed by atoms with E-state index in [1.165, 1.54) is 4.88 Å². The van der Waals surface area contributed by atoms with Crippen molar-refractivity contribution < 1.29 is 18.8 Å². The summed E-state index contributed by atoms with van der Waals surface area (Å²) in [7, 11) is 0. The molecule has 2 aliphatic rings. The number of benzene rings is 1. The van der Waals surface area contributed by atoms with Crippen LogP contribution in [0.15, 0.2) is 40.2 Å².